The molecular formula is C20H17ClN2O2. The van der Waals surface area contributed by atoms with Gasteiger partial charge in [0.15, 0.2) is 0 Å². The maximum Gasteiger partial charge on any atom is 0.411 e. The summed E-state index contributed by atoms with van der Waals surface area (Å²) >= 11 is 5.84. The maximum absolute atomic E-state index is 11.6. The molecule has 1 aromatic carbocycles. The fourth-order valence-electron chi connectivity index (χ4n) is 1.85. The number of benzene rings is 1. The number of nitrogens with one attached hydrogen (secondary N) is 1. The van der Waals surface area contributed by atoms with Crippen LogP contribution >= 0.6 is 11.6 Å². The van der Waals surface area contributed by atoms with E-state index in [0.29, 0.717) is 23.7 Å². The number of unbranched alkanes of at least 4 members (excludes halogenated alkanes) is 2. The molecule has 126 valence electrons. The summed E-state index contributed by atoms with van der Waals surface area (Å²) in [5.74, 6) is 11.5. The molecule has 2 aromatic rings. The summed E-state index contributed by atoms with van der Waals surface area (Å²) in [6.07, 6.45) is 5.20. The predicted octanol–water partition coefficient (Wildman–Crippen LogP) is 4.51. The van der Waals surface area contributed by atoms with Gasteiger partial charge in [0.05, 0.1) is 6.61 Å². The molecule has 0 fully saturated rings. The third-order valence-electron chi connectivity index (χ3n) is 3.02. The highest BCUT2D eigenvalue weighted by molar-refractivity contribution is 6.30. The summed E-state index contributed by atoms with van der Waals surface area (Å²) in [4.78, 5) is 15.6. The minimum absolute atomic E-state index is 0.343. The molecule has 0 saturated heterocycles. The first-order valence-electron chi connectivity index (χ1n) is 7.82. The van der Waals surface area contributed by atoms with Crippen molar-refractivity contribution in [2.24, 2.45) is 0 Å². The third-order valence-corrected chi connectivity index (χ3v) is 3.25. The topological polar surface area (TPSA) is 51.2 Å². The van der Waals surface area contributed by atoms with Gasteiger partial charge in [0.2, 0.25) is 0 Å². The molecule has 0 atom stereocenters. The lowest BCUT2D eigenvalue weighted by molar-refractivity contribution is 0.159. The van der Waals surface area contributed by atoms with Crippen LogP contribution in [0.1, 0.15) is 24.8 Å². The Balaban J connectivity index is 1.57. The van der Waals surface area contributed by atoms with Gasteiger partial charge < -0.3 is 4.74 Å². The molecule has 5 heteroatoms. The fraction of sp³-hybridized carbons (Fsp3) is 0.200. The van der Waals surface area contributed by atoms with E-state index < -0.39 is 6.09 Å². The van der Waals surface area contributed by atoms with Crippen LogP contribution in [0.2, 0.25) is 5.02 Å². The van der Waals surface area contributed by atoms with E-state index in [1.807, 2.05) is 12.1 Å². The first-order valence-corrected chi connectivity index (χ1v) is 8.20. The van der Waals surface area contributed by atoms with E-state index in [9.17, 15) is 4.79 Å². The zero-order valence-electron chi connectivity index (χ0n) is 13.6. The zero-order valence-corrected chi connectivity index (χ0v) is 14.3. The van der Waals surface area contributed by atoms with Crippen molar-refractivity contribution in [3.63, 3.8) is 0 Å². The third kappa shape index (κ3) is 7.92. The lowest BCUT2D eigenvalue weighted by Gasteiger charge is -2.06. The van der Waals surface area contributed by atoms with E-state index in [4.69, 9.17) is 16.3 Å². The number of hydrogen-bond acceptors (Lipinski definition) is 3. The second kappa shape index (κ2) is 10.8. The van der Waals surface area contributed by atoms with E-state index in [2.05, 4.69) is 34.0 Å². The van der Waals surface area contributed by atoms with Gasteiger partial charge in [-0.3, -0.25) is 10.3 Å². The lowest BCUT2D eigenvalue weighted by Crippen LogP contribution is -2.14. The Labute approximate surface area is 152 Å². The van der Waals surface area contributed by atoms with Crippen LogP contribution in [-0.4, -0.2) is 17.7 Å². The van der Waals surface area contributed by atoms with Crippen molar-refractivity contribution in [3.05, 3.63) is 59.4 Å². The van der Waals surface area contributed by atoms with Crippen LogP contribution in [0.5, 0.6) is 0 Å². The molecule has 2 rings (SSSR count). The van der Waals surface area contributed by atoms with E-state index >= 15 is 0 Å². The summed E-state index contributed by atoms with van der Waals surface area (Å²) < 4.78 is 5.10. The minimum atomic E-state index is -0.490. The SMILES string of the molecule is O=C(Nc1cccc(Cl)c1)OCCCCC#CC#Cc1cccnc1. The van der Waals surface area contributed by atoms with Crippen molar-refractivity contribution in [1.82, 2.24) is 4.98 Å². The summed E-state index contributed by atoms with van der Waals surface area (Å²) in [5, 5.41) is 3.18. The van der Waals surface area contributed by atoms with Crippen LogP contribution < -0.4 is 5.32 Å². The summed E-state index contributed by atoms with van der Waals surface area (Å²) in [6.45, 7) is 0.343. The Hall–Kier alpha value is -2.95. The Kier molecular flexibility index (Phi) is 7.91. The van der Waals surface area contributed by atoms with Gasteiger partial charge >= 0.3 is 6.09 Å². The second-order valence-electron chi connectivity index (χ2n) is 5.02. The number of amides is 1. The Bertz CT molecular complexity index is 814. The van der Waals surface area contributed by atoms with Crippen LogP contribution in [0.25, 0.3) is 0 Å². The van der Waals surface area contributed by atoms with Crippen molar-refractivity contribution in [2.75, 3.05) is 11.9 Å². The highest BCUT2D eigenvalue weighted by Gasteiger charge is 2.02. The smallest absolute Gasteiger partial charge is 0.411 e. The monoisotopic (exact) mass is 352 g/mol. The molecule has 1 heterocycles. The number of rotatable bonds is 5. The molecule has 0 radical (unpaired) electrons. The standard InChI is InChI=1S/C20H17ClN2O2/c21-18-11-7-12-19(15-18)23-20(24)25-14-6-4-2-1-3-5-9-17-10-8-13-22-16-17/h7-8,10-13,15-16H,2,4,6,14H2,(H,23,24). The molecule has 1 amide bonds. The molecule has 0 bridgehead atoms. The molecule has 0 unspecified atom stereocenters. The fourth-order valence-corrected chi connectivity index (χ4v) is 2.04. The van der Waals surface area contributed by atoms with Crippen molar-refractivity contribution < 1.29 is 9.53 Å². The Morgan fingerprint density at radius 3 is 2.92 bits per heavy atom. The van der Waals surface area contributed by atoms with E-state index in [1.165, 1.54) is 0 Å². The van der Waals surface area contributed by atoms with Crippen molar-refractivity contribution >= 4 is 23.4 Å². The van der Waals surface area contributed by atoms with Crippen LogP contribution in [0.3, 0.4) is 0 Å². The normalized spacial score (nSPS) is 9.16. The van der Waals surface area contributed by atoms with E-state index in [1.54, 1.807) is 36.7 Å². The molecule has 4 nitrogen and oxygen atoms in total. The van der Waals surface area contributed by atoms with Crippen LogP contribution in [0.4, 0.5) is 10.5 Å². The molecular weight excluding hydrogens is 336 g/mol. The number of nitrogens with zero attached hydrogens (tertiary/aromatic N) is 1. The highest BCUT2D eigenvalue weighted by Crippen LogP contribution is 2.14. The summed E-state index contributed by atoms with van der Waals surface area (Å²) in [6, 6.07) is 10.6. The second-order valence-corrected chi connectivity index (χ2v) is 5.46. The van der Waals surface area contributed by atoms with Crippen LogP contribution in [0.15, 0.2) is 48.8 Å². The molecule has 1 aromatic heterocycles. The highest BCUT2D eigenvalue weighted by atomic mass is 35.5. The predicted molar refractivity (Wildman–Crippen MR) is 99.2 cm³/mol. The molecule has 0 spiro atoms. The maximum atomic E-state index is 11.6. The van der Waals surface area contributed by atoms with E-state index in [0.717, 1.165) is 18.4 Å². The Morgan fingerprint density at radius 2 is 2.12 bits per heavy atom. The van der Waals surface area contributed by atoms with Gasteiger partial charge in [0.25, 0.3) is 0 Å². The molecule has 25 heavy (non-hydrogen) atoms. The molecule has 0 saturated carbocycles. The van der Waals surface area contributed by atoms with Gasteiger partial charge in [-0.15, -0.1) is 0 Å². The van der Waals surface area contributed by atoms with Crippen LogP contribution in [0, 0.1) is 23.7 Å². The first-order chi connectivity index (χ1) is 12.2. The number of pyridine rings is 1. The number of aromatic nitrogens is 1. The molecule has 1 N–H and O–H groups in total. The average Bonchev–Trinajstić information content (AvgIpc) is 2.61. The van der Waals surface area contributed by atoms with E-state index in [-0.39, 0.29) is 0 Å². The molecule has 0 aliphatic rings. The van der Waals surface area contributed by atoms with Gasteiger partial charge in [-0.05, 0) is 55.0 Å². The molecule has 0 aliphatic heterocycles. The van der Waals surface area contributed by atoms with Gasteiger partial charge in [0, 0.05) is 35.1 Å². The first kappa shape index (κ1) is 18.4. The van der Waals surface area contributed by atoms with Crippen molar-refractivity contribution in [2.45, 2.75) is 19.3 Å². The Morgan fingerprint density at radius 1 is 1.20 bits per heavy atom. The molecule has 0 aliphatic carbocycles. The number of halogens is 1. The van der Waals surface area contributed by atoms with Gasteiger partial charge in [-0.2, -0.15) is 0 Å². The number of hydrogen-bond donors (Lipinski definition) is 1. The van der Waals surface area contributed by atoms with Crippen molar-refractivity contribution in [1.29, 1.82) is 0 Å². The quantitative estimate of drug-likeness (QED) is 0.636. The minimum Gasteiger partial charge on any atom is -0.449 e. The number of anilines is 1. The number of ether oxygens (including phenoxy) is 1. The van der Waals surface area contributed by atoms with Crippen LogP contribution in [-0.2, 0) is 4.74 Å². The lowest BCUT2D eigenvalue weighted by atomic mass is 10.2. The number of carbonyl (C=O) groups is 1. The summed E-state index contributed by atoms with van der Waals surface area (Å²) in [7, 11) is 0. The van der Waals surface area contributed by atoms with Crippen molar-refractivity contribution in [3.8, 4) is 23.7 Å². The van der Waals surface area contributed by atoms with Gasteiger partial charge in [0.1, 0.15) is 0 Å². The van der Waals surface area contributed by atoms with Gasteiger partial charge in [-0.25, -0.2) is 4.79 Å². The number of carbonyl (C=O) groups excluding carboxylic acids is 1. The average molecular weight is 353 g/mol. The summed E-state index contributed by atoms with van der Waals surface area (Å²) in [5.41, 5.74) is 1.45. The van der Waals surface area contributed by atoms with Gasteiger partial charge in [-0.1, -0.05) is 29.5 Å². The largest absolute Gasteiger partial charge is 0.449 e. The zero-order chi connectivity index (χ0) is 17.7.